The topological polar surface area (TPSA) is 66.9 Å². The van der Waals surface area contributed by atoms with Crippen molar-refractivity contribution in [2.75, 3.05) is 18.4 Å². The van der Waals surface area contributed by atoms with Crippen LogP contribution in [0.1, 0.15) is 26.2 Å². The van der Waals surface area contributed by atoms with Crippen molar-refractivity contribution in [3.8, 4) is 10.6 Å². The lowest BCUT2D eigenvalue weighted by molar-refractivity contribution is -0.117. The van der Waals surface area contributed by atoms with Crippen LogP contribution in [0.25, 0.3) is 10.6 Å². The first kappa shape index (κ1) is 17.3. The number of hydrogen-bond donors (Lipinski definition) is 2. The third-order valence-corrected chi connectivity index (χ3v) is 5.62. The maximum atomic E-state index is 12.3. The van der Waals surface area contributed by atoms with Gasteiger partial charge >= 0.3 is 0 Å². The summed E-state index contributed by atoms with van der Waals surface area (Å²) >= 11 is 7.51. The molecule has 1 saturated heterocycles. The van der Waals surface area contributed by atoms with Crippen LogP contribution in [-0.4, -0.2) is 29.2 Å². The molecule has 1 aliphatic heterocycles. The molecule has 0 aliphatic carbocycles. The Hall–Kier alpha value is -1.50. The van der Waals surface area contributed by atoms with E-state index in [1.807, 2.05) is 24.3 Å². The number of amides is 1. The summed E-state index contributed by atoms with van der Waals surface area (Å²) in [6, 6.07) is 7.49. The van der Waals surface area contributed by atoms with Crippen molar-refractivity contribution in [3.63, 3.8) is 0 Å². The van der Waals surface area contributed by atoms with Gasteiger partial charge in [0, 0.05) is 12.0 Å². The highest BCUT2D eigenvalue weighted by atomic mass is 35.5. The first-order valence-corrected chi connectivity index (χ1v) is 9.42. The van der Waals surface area contributed by atoms with E-state index in [0.717, 1.165) is 18.7 Å². The van der Waals surface area contributed by atoms with E-state index in [0.29, 0.717) is 33.4 Å². The second-order valence-electron chi connectivity index (χ2n) is 6.23. The molecule has 0 saturated carbocycles. The quantitative estimate of drug-likeness (QED) is 0.846. The van der Waals surface area contributed by atoms with Crippen LogP contribution in [0.4, 0.5) is 5.13 Å². The van der Waals surface area contributed by atoms with Gasteiger partial charge < -0.3 is 10.6 Å². The van der Waals surface area contributed by atoms with E-state index in [1.165, 1.54) is 24.2 Å². The maximum Gasteiger partial charge on any atom is 0.226 e. The van der Waals surface area contributed by atoms with Crippen molar-refractivity contribution in [2.24, 2.45) is 11.8 Å². The fourth-order valence-corrected chi connectivity index (χ4v) is 4.09. The Balaban J connectivity index is 1.58. The van der Waals surface area contributed by atoms with Crippen LogP contribution in [0.2, 0.25) is 5.02 Å². The number of carbonyl (C=O) groups is 1. The minimum Gasteiger partial charge on any atom is -0.316 e. The Morgan fingerprint density at radius 3 is 3.04 bits per heavy atom. The van der Waals surface area contributed by atoms with Crippen molar-refractivity contribution in [2.45, 2.75) is 26.2 Å². The molecule has 1 fully saturated rings. The molecule has 1 aromatic carbocycles. The van der Waals surface area contributed by atoms with Crippen molar-refractivity contribution in [1.82, 2.24) is 15.5 Å². The van der Waals surface area contributed by atoms with Gasteiger partial charge in [-0.3, -0.25) is 4.79 Å². The minimum atomic E-state index is -0.00469. The molecular weight excluding hydrogens is 344 g/mol. The van der Waals surface area contributed by atoms with E-state index in [9.17, 15) is 4.79 Å². The van der Waals surface area contributed by atoms with Crippen molar-refractivity contribution in [1.29, 1.82) is 0 Å². The Bertz CT molecular complexity index is 699. The van der Waals surface area contributed by atoms with Crippen molar-refractivity contribution < 1.29 is 4.79 Å². The first-order valence-electron chi connectivity index (χ1n) is 8.22. The van der Waals surface area contributed by atoms with Crippen LogP contribution < -0.4 is 10.6 Å². The molecule has 3 rings (SSSR count). The number of anilines is 1. The molecule has 1 aliphatic rings. The van der Waals surface area contributed by atoms with Gasteiger partial charge in [-0.15, -0.1) is 10.2 Å². The lowest BCUT2D eigenvalue weighted by Gasteiger charge is -2.27. The van der Waals surface area contributed by atoms with Crippen LogP contribution >= 0.6 is 22.9 Å². The predicted molar refractivity (Wildman–Crippen MR) is 98.4 cm³/mol. The summed E-state index contributed by atoms with van der Waals surface area (Å²) in [5.74, 6) is 0.918. The molecule has 2 atom stereocenters. The third kappa shape index (κ3) is 4.32. The predicted octanol–water partition coefficient (Wildman–Crippen LogP) is 3.82. The molecule has 1 aromatic heterocycles. The van der Waals surface area contributed by atoms with E-state index in [-0.39, 0.29) is 5.91 Å². The Morgan fingerprint density at radius 1 is 1.46 bits per heavy atom. The van der Waals surface area contributed by atoms with Gasteiger partial charge in [0.05, 0.1) is 5.02 Å². The second-order valence-corrected chi connectivity index (χ2v) is 7.61. The molecule has 5 nitrogen and oxygen atoms in total. The SMILES string of the molecule is CC(CC(=O)Nc1nnc(-c2ccccc2Cl)s1)C1CCCNC1. The Morgan fingerprint density at radius 2 is 2.29 bits per heavy atom. The number of carbonyl (C=O) groups excluding carboxylic acids is 1. The van der Waals surface area contributed by atoms with E-state index in [4.69, 9.17) is 11.6 Å². The van der Waals surface area contributed by atoms with E-state index >= 15 is 0 Å². The zero-order valence-corrected chi connectivity index (χ0v) is 15.2. The van der Waals surface area contributed by atoms with Gasteiger partial charge in [0.2, 0.25) is 11.0 Å². The number of aromatic nitrogens is 2. The standard InChI is InChI=1S/C17H21ClN4OS/c1-11(12-5-4-8-19-10-12)9-15(23)20-17-22-21-16(24-17)13-6-2-3-7-14(13)18/h2-3,6-7,11-12,19H,4-5,8-10H2,1H3,(H,20,22,23). The van der Waals surface area contributed by atoms with Crippen molar-refractivity contribution in [3.05, 3.63) is 29.3 Å². The normalized spacial score (nSPS) is 19.0. The van der Waals surface area contributed by atoms with Gasteiger partial charge in [-0.05, 0) is 43.8 Å². The number of nitrogens with zero attached hydrogens (tertiary/aromatic N) is 2. The van der Waals surface area contributed by atoms with Crippen LogP contribution in [-0.2, 0) is 4.79 Å². The van der Waals surface area contributed by atoms with Crippen LogP contribution in [0.5, 0.6) is 0 Å². The van der Waals surface area contributed by atoms with E-state index < -0.39 is 0 Å². The minimum absolute atomic E-state index is 0.00469. The molecule has 2 unspecified atom stereocenters. The van der Waals surface area contributed by atoms with Gasteiger partial charge in [0.1, 0.15) is 0 Å². The summed E-state index contributed by atoms with van der Waals surface area (Å²) in [6.45, 7) is 4.24. The summed E-state index contributed by atoms with van der Waals surface area (Å²) in [6.07, 6.45) is 2.89. The van der Waals surface area contributed by atoms with Gasteiger partial charge in [-0.1, -0.05) is 48.1 Å². The number of hydrogen-bond acceptors (Lipinski definition) is 5. The van der Waals surface area contributed by atoms with Gasteiger partial charge in [0.15, 0.2) is 5.01 Å². The van der Waals surface area contributed by atoms with E-state index in [1.54, 1.807) is 0 Å². The highest BCUT2D eigenvalue weighted by Crippen LogP contribution is 2.32. The fourth-order valence-electron chi connectivity index (χ4n) is 3.01. The molecular formula is C17H21ClN4OS. The molecule has 2 N–H and O–H groups in total. The monoisotopic (exact) mass is 364 g/mol. The largest absolute Gasteiger partial charge is 0.316 e. The van der Waals surface area contributed by atoms with Gasteiger partial charge in [-0.2, -0.15) is 0 Å². The zero-order chi connectivity index (χ0) is 16.9. The second kappa shape index (κ2) is 8.05. The third-order valence-electron chi connectivity index (χ3n) is 4.42. The Kier molecular flexibility index (Phi) is 5.81. The van der Waals surface area contributed by atoms with Crippen LogP contribution in [0.3, 0.4) is 0 Å². The summed E-state index contributed by atoms with van der Waals surface area (Å²) in [4.78, 5) is 12.3. The number of nitrogens with one attached hydrogen (secondary N) is 2. The summed E-state index contributed by atoms with van der Waals surface area (Å²) in [5.41, 5.74) is 0.832. The van der Waals surface area contributed by atoms with Crippen LogP contribution in [0, 0.1) is 11.8 Å². The lowest BCUT2D eigenvalue weighted by atomic mass is 9.85. The summed E-state index contributed by atoms with van der Waals surface area (Å²) < 4.78 is 0. The zero-order valence-electron chi connectivity index (χ0n) is 13.6. The molecule has 0 radical (unpaired) electrons. The molecule has 0 spiro atoms. The van der Waals surface area contributed by atoms with E-state index in [2.05, 4.69) is 27.8 Å². The van der Waals surface area contributed by atoms with Gasteiger partial charge in [0.25, 0.3) is 0 Å². The fraction of sp³-hybridized carbons (Fsp3) is 0.471. The number of benzene rings is 1. The highest BCUT2D eigenvalue weighted by Gasteiger charge is 2.22. The average molecular weight is 365 g/mol. The molecule has 2 heterocycles. The molecule has 24 heavy (non-hydrogen) atoms. The Labute approximate surface area is 150 Å². The smallest absolute Gasteiger partial charge is 0.226 e. The summed E-state index contributed by atoms with van der Waals surface area (Å²) in [7, 11) is 0. The van der Waals surface area contributed by atoms with Gasteiger partial charge in [-0.25, -0.2) is 0 Å². The molecule has 128 valence electrons. The number of rotatable bonds is 5. The number of halogens is 1. The first-order chi connectivity index (χ1) is 11.6. The molecule has 1 amide bonds. The summed E-state index contributed by atoms with van der Waals surface area (Å²) in [5, 5.41) is 16.3. The molecule has 0 bridgehead atoms. The molecule has 2 aromatic rings. The lowest BCUT2D eigenvalue weighted by Crippen LogP contribution is -2.34. The maximum absolute atomic E-state index is 12.3. The number of piperidine rings is 1. The van der Waals surface area contributed by atoms with Crippen LogP contribution in [0.15, 0.2) is 24.3 Å². The van der Waals surface area contributed by atoms with Crippen molar-refractivity contribution >= 4 is 34.0 Å². The average Bonchev–Trinajstić information content (AvgIpc) is 3.04. The highest BCUT2D eigenvalue weighted by molar-refractivity contribution is 7.18. The molecule has 7 heteroatoms.